The van der Waals surface area contributed by atoms with E-state index in [1.54, 1.807) is 0 Å². The second kappa shape index (κ2) is 5.30. The van der Waals surface area contributed by atoms with Gasteiger partial charge in [0, 0.05) is 6.54 Å². The maximum atomic E-state index is 7.95. The lowest BCUT2D eigenvalue weighted by Crippen LogP contribution is -2.04. The van der Waals surface area contributed by atoms with E-state index in [1.165, 1.54) is 6.26 Å². The molecule has 0 unspecified atom stereocenters. The Bertz CT molecular complexity index is 53.7. The first-order chi connectivity index (χ1) is 3.41. The summed E-state index contributed by atoms with van der Waals surface area (Å²) in [6.45, 7) is 0.932. The van der Waals surface area contributed by atoms with E-state index in [-0.39, 0.29) is 0 Å². The van der Waals surface area contributed by atoms with Crippen molar-refractivity contribution in [3.05, 3.63) is 12.5 Å². The van der Waals surface area contributed by atoms with Crippen LogP contribution in [0.25, 0.3) is 0 Å². The minimum absolute atomic E-state index is 0.455. The van der Waals surface area contributed by atoms with Gasteiger partial charge in [0.25, 0.3) is 0 Å². The second-order valence-corrected chi connectivity index (χ2v) is 0.945. The third-order valence-corrected chi connectivity index (χ3v) is 0.393. The topological polar surface area (TPSA) is 55.5 Å². The number of hydrogen-bond donors (Lipinski definition) is 2. The van der Waals surface area contributed by atoms with Crippen molar-refractivity contribution in [2.24, 2.45) is 5.73 Å². The maximum absolute atomic E-state index is 7.95. The van der Waals surface area contributed by atoms with Crippen LogP contribution >= 0.6 is 0 Å². The highest BCUT2D eigenvalue weighted by Crippen LogP contribution is 1.69. The smallest absolute Gasteiger partial charge is 0.117 e. The van der Waals surface area contributed by atoms with E-state index in [1.807, 2.05) is 0 Å². The third kappa shape index (κ3) is 5.30. The van der Waals surface area contributed by atoms with Gasteiger partial charge in [-0.2, -0.15) is 0 Å². The molecular weight excluding hydrogens is 94.0 g/mol. The Morgan fingerprint density at radius 2 is 2.43 bits per heavy atom. The summed E-state index contributed by atoms with van der Waals surface area (Å²) in [7, 11) is 0. The van der Waals surface area contributed by atoms with Crippen LogP contribution in [0.5, 0.6) is 0 Å². The lowest BCUT2D eigenvalue weighted by Gasteiger charge is -1.91. The molecule has 42 valence electrons. The molecule has 0 spiro atoms. The monoisotopic (exact) mass is 103 g/mol. The Hall–Kier alpha value is -0.700. The molecule has 0 aliphatic heterocycles. The number of aliphatic hydroxyl groups is 1. The molecule has 0 aromatic heterocycles. The lowest BCUT2D eigenvalue weighted by atomic mass is 10.7. The molecule has 0 saturated heterocycles. The molecule has 0 fully saturated rings. The van der Waals surface area contributed by atoms with Gasteiger partial charge in [-0.15, -0.1) is 0 Å². The fourth-order valence-corrected chi connectivity index (χ4v) is 0.179. The van der Waals surface area contributed by atoms with E-state index in [9.17, 15) is 0 Å². The highest BCUT2D eigenvalue weighted by atomic mass is 16.5. The van der Waals surface area contributed by atoms with Crippen molar-refractivity contribution in [3.8, 4) is 0 Å². The zero-order chi connectivity index (χ0) is 5.54. The van der Waals surface area contributed by atoms with Gasteiger partial charge in [-0.1, -0.05) is 0 Å². The van der Waals surface area contributed by atoms with Crippen molar-refractivity contribution in [2.75, 3.05) is 13.2 Å². The average molecular weight is 103 g/mol. The van der Waals surface area contributed by atoms with Gasteiger partial charge in [0.2, 0.25) is 0 Å². The molecule has 0 atom stereocenters. The van der Waals surface area contributed by atoms with Gasteiger partial charge < -0.3 is 15.6 Å². The molecule has 3 nitrogen and oxygen atoms in total. The molecular formula is C4H9NO2. The zero-order valence-corrected chi connectivity index (χ0v) is 4.00. The molecule has 0 amide bonds. The number of hydrogen-bond acceptors (Lipinski definition) is 3. The Morgan fingerprint density at radius 3 is 2.86 bits per heavy atom. The van der Waals surface area contributed by atoms with Gasteiger partial charge >= 0.3 is 0 Å². The largest absolute Gasteiger partial charge is 0.512 e. The SMILES string of the molecule is NCCO/C=C/O. The maximum Gasteiger partial charge on any atom is 0.117 e. The molecule has 3 heteroatoms. The van der Waals surface area contributed by atoms with Gasteiger partial charge in [0.05, 0.1) is 6.61 Å². The molecule has 0 aliphatic carbocycles. The van der Waals surface area contributed by atoms with Crippen LogP contribution in [0.2, 0.25) is 0 Å². The number of aliphatic hydroxyl groups excluding tert-OH is 1. The molecule has 0 saturated carbocycles. The van der Waals surface area contributed by atoms with E-state index < -0.39 is 0 Å². The molecule has 0 aromatic carbocycles. The summed E-state index contributed by atoms with van der Waals surface area (Å²) in [5.41, 5.74) is 5.03. The van der Waals surface area contributed by atoms with Crippen LogP contribution in [-0.4, -0.2) is 18.3 Å². The summed E-state index contributed by atoms with van der Waals surface area (Å²) < 4.78 is 4.58. The lowest BCUT2D eigenvalue weighted by molar-refractivity contribution is 0.247. The standard InChI is InChI=1S/C4H9NO2/c5-1-3-7-4-2-6/h2,4,6H,1,3,5H2/b4-2+. The minimum Gasteiger partial charge on any atom is -0.512 e. The van der Waals surface area contributed by atoms with Crippen LogP contribution in [0.4, 0.5) is 0 Å². The van der Waals surface area contributed by atoms with Gasteiger partial charge in [0.1, 0.15) is 12.5 Å². The summed E-state index contributed by atoms with van der Waals surface area (Å²) in [5.74, 6) is 0. The van der Waals surface area contributed by atoms with E-state index >= 15 is 0 Å². The number of ether oxygens (including phenoxy) is 1. The van der Waals surface area contributed by atoms with Crippen LogP contribution in [0, 0.1) is 0 Å². The van der Waals surface area contributed by atoms with Crippen molar-refractivity contribution in [1.29, 1.82) is 0 Å². The van der Waals surface area contributed by atoms with E-state index in [2.05, 4.69) is 4.74 Å². The normalized spacial score (nSPS) is 9.86. The molecule has 7 heavy (non-hydrogen) atoms. The van der Waals surface area contributed by atoms with Gasteiger partial charge in [-0.3, -0.25) is 0 Å². The van der Waals surface area contributed by atoms with Crippen molar-refractivity contribution < 1.29 is 9.84 Å². The second-order valence-electron chi connectivity index (χ2n) is 0.945. The van der Waals surface area contributed by atoms with Gasteiger partial charge in [0.15, 0.2) is 0 Å². The fourth-order valence-electron chi connectivity index (χ4n) is 0.179. The highest BCUT2D eigenvalue weighted by molar-refractivity contribution is 4.56. The highest BCUT2D eigenvalue weighted by Gasteiger charge is 1.70. The van der Waals surface area contributed by atoms with Crippen molar-refractivity contribution in [1.82, 2.24) is 0 Å². The summed E-state index contributed by atoms with van der Waals surface area (Å²) in [4.78, 5) is 0. The fraction of sp³-hybridized carbons (Fsp3) is 0.500. The molecule has 0 bridgehead atoms. The predicted octanol–water partition coefficient (Wildman–Crippen LogP) is -0.00910. The summed E-state index contributed by atoms with van der Waals surface area (Å²) in [6, 6.07) is 0. The Labute approximate surface area is 42.4 Å². The summed E-state index contributed by atoms with van der Waals surface area (Å²) in [6.07, 6.45) is 2.02. The number of nitrogens with two attached hydrogens (primary N) is 1. The van der Waals surface area contributed by atoms with E-state index in [0.29, 0.717) is 13.2 Å². The first-order valence-corrected chi connectivity index (χ1v) is 2.02. The van der Waals surface area contributed by atoms with Crippen molar-refractivity contribution >= 4 is 0 Å². The van der Waals surface area contributed by atoms with Crippen LogP contribution in [0.15, 0.2) is 12.5 Å². The summed E-state index contributed by atoms with van der Waals surface area (Å²) in [5, 5.41) is 7.95. The molecule has 0 rings (SSSR count). The Morgan fingerprint density at radius 1 is 1.71 bits per heavy atom. The minimum atomic E-state index is 0.455. The van der Waals surface area contributed by atoms with E-state index in [4.69, 9.17) is 10.8 Å². The van der Waals surface area contributed by atoms with Crippen LogP contribution in [0.1, 0.15) is 0 Å². The molecule has 0 radical (unpaired) electrons. The average Bonchev–Trinajstić information content (AvgIpc) is 1.69. The Balaban J connectivity index is 2.69. The quantitative estimate of drug-likeness (QED) is 0.390. The summed E-state index contributed by atoms with van der Waals surface area (Å²) >= 11 is 0. The van der Waals surface area contributed by atoms with Crippen LogP contribution in [0.3, 0.4) is 0 Å². The third-order valence-electron chi connectivity index (χ3n) is 0.393. The first-order valence-electron chi connectivity index (χ1n) is 2.02. The van der Waals surface area contributed by atoms with Gasteiger partial charge in [-0.25, -0.2) is 0 Å². The first kappa shape index (κ1) is 6.30. The molecule has 0 aliphatic rings. The number of rotatable bonds is 3. The Kier molecular flexibility index (Phi) is 4.77. The van der Waals surface area contributed by atoms with Crippen molar-refractivity contribution in [3.63, 3.8) is 0 Å². The predicted molar refractivity (Wildman–Crippen MR) is 26.8 cm³/mol. The molecule has 0 aromatic rings. The zero-order valence-electron chi connectivity index (χ0n) is 4.00. The van der Waals surface area contributed by atoms with E-state index in [0.717, 1.165) is 6.26 Å². The van der Waals surface area contributed by atoms with Crippen LogP contribution < -0.4 is 5.73 Å². The molecule has 0 heterocycles. The van der Waals surface area contributed by atoms with Crippen LogP contribution in [-0.2, 0) is 4.74 Å². The molecule has 3 N–H and O–H groups in total. The van der Waals surface area contributed by atoms with Gasteiger partial charge in [-0.05, 0) is 0 Å². The van der Waals surface area contributed by atoms with Crippen molar-refractivity contribution in [2.45, 2.75) is 0 Å².